The summed E-state index contributed by atoms with van der Waals surface area (Å²) in [5.74, 6) is 1.13. The Bertz CT molecular complexity index is 653. The highest BCUT2D eigenvalue weighted by atomic mass is 16.5. The quantitative estimate of drug-likeness (QED) is 0.700. The van der Waals surface area contributed by atoms with E-state index >= 15 is 0 Å². The zero-order valence-electron chi connectivity index (χ0n) is 16.7. The molecule has 0 heterocycles. The lowest BCUT2D eigenvalue weighted by molar-refractivity contribution is -0.141. The summed E-state index contributed by atoms with van der Waals surface area (Å²) in [5.41, 5.74) is 6.70. The fourth-order valence-electron chi connectivity index (χ4n) is 4.25. The number of rotatable bonds is 7. The average molecular weight is 389 g/mol. The Labute approximate surface area is 167 Å². The first-order chi connectivity index (χ1) is 13.5. The molecule has 2 saturated carbocycles. The van der Waals surface area contributed by atoms with Crippen LogP contribution >= 0.6 is 0 Å². The van der Waals surface area contributed by atoms with Crippen LogP contribution in [0.4, 0.5) is 0 Å². The van der Waals surface area contributed by atoms with Gasteiger partial charge in [-0.05, 0) is 81.5 Å². The van der Waals surface area contributed by atoms with Crippen LogP contribution in [0.5, 0.6) is 5.75 Å². The fraction of sp³-hybridized carbons (Fsp3) is 0.636. The second kappa shape index (κ2) is 9.92. The molecule has 2 atom stereocenters. The molecule has 3 rings (SSSR count). The summed E-state index contributed by atoms with van der Waals surface area (Å²) in [4.78, 5) is 23.8. The van der Waals surface area contributed by atoms with Crippen molar-refractivity contribution in [3.05, 3.63) is 29.8 Å². The van der Waals surface area contributed by atoms with Crippen LogP contribution in [-0.2, 0) is 9.53 Å². The first kappa shape index (κ1) is 20.6. The van der Waals surface area contributed by atoms with E-state index in [4.69, 9.17) is 15.2 Å². The number of esters is 1. The van der Waals surface area contributed by atoms with Crippen LogP contribution in [0.25, 0.3) is 0 Å². The minimum Gasteiger partial charge on any atom is -0.489 e. The molecule has 6 nitrogen and oxygen atoms in total. The molecule has 3 N–H and O–H groups in total. The Balaban J connectivity index is 1.42. The normalized spacial score (nSPS) is 27.2. The lowest BCUT2D eigenvalue weighted by Gasteiger charge is -2.29. The number of carbonyl (C=O) groups excluding carboxylic acids is 2. The van der Waals surface area contributed by atoms with Crippen LogP contribution < -0.4 is 15.8 Å². The van der Waals surface area contributed by atoms with E-state index < -0.39 is 0 Å². The van der Waals surface area contributed by atoms with Crippen molar-refractivity contribution in [3.63, 3.8) is 0 Å². The third-order valence-electron chi connectivity index (χ3n) is 6.07. The Kier molecular flexibility index (Phi) is 7.31. The molecular formula is C22H32N2O4. The SMILES string of the molecule is COC(=O)CCC1CCC(NC(=O)c2ccc(O[C@@H]3CCC[C@@H]3N)cc2)CC1. The number of amides is 1. The Morgan fingerprint density at radius 2 is 1.79 bits per heavy atom. The second-order valence-corrected chi connectivity index (χ2v) is 8.08. The molecule has 0 spiro atoms. The van der Waals surface area contributed by atoms with Crippen molar-refractivity contribution in [1.29, 1.82) is 0 Å². The lowest BCUT2D eigenvalue weighted by Crippen LogP contribution is -2.37. The number of hydrogen-bond donors (Lipinski definition) is 2. The number of hydrogen-bond acceptors (Lipinski definition) is 5. The molecule has 2 aliphatic rings. The van der Waals surface area contributed by atoms with Crippen LogP contribution in [0, 0.1) is 5.92 Å². The monoisotopic (exact) mass is 388 g/mol. The predicted molar refractivity (Wildman–Crippen MR) is 107 cm³/mol. The van der Waals surface area contributed by atoms with Crippen LogP contribution in [0.1, 0.15) is 68.1 Å². The Morgan fingerprint density at radius 3 is 2.39 bits per heavy atom. The second-order valence-electron chi connectivity index (χ2n) is 8.08. The van der Waals surface area contributed by atoms with Gasteiger partial charge in [0.25, 0.3) is 5.91 Å². The standard InChI is InChI=1S/C22H32N2O4/c1-27-21(25)14-7-15-5-10-17(11-6-15)24-22(26)16-8-12-18(13-9-16)28-20-4-2-3-19(20)23/h8-9,12-13,15,17,19-20H,2-7,10-11,14,23H2,1H3,(H,24,26)/t15?,17?,19-,20+/m0/s1. The van der Waals surface area contributed by atoms with Crippen molar-refractivity contribution in [2.24, 2.45) is 11.7 Å². The minimum absolute atomic E-state index is 0.0397. The fourth-order valence-corrected chi connectivity index (χ4v) is 4.25. The van der Waals surface area contributed by atoms with Gasteiger partial charge in [0.1, 0.15) is 11.9 Å². The summed E-state index contributed by atoms with van der Waals surface area (Å²) in [6.07, 6.45) is 8.54. The van der Waals surface area contributed by atoms with Crippen molar-refractivity contribution in [2.45, 2.75) is 76.0 Å². The predicted octanol–water partition coefficient (Wildman–Crippen LogP) is 3.19. The van der Waals surface area contributed by atoms with Gasteiger partial charge in [0, 0.05) is 24.1 Å². The molecule has 2 fully saturated rings. The molecule has 154 valence electrons. The maximum atomic E-state index is 12.5. The van der Waals surface area contributed by atoms with Gasteiger partial charge in [-0.3, -0.25) is 9.59 Å². The highest BCUT2D eigenvalue weighted by Gasteiger charge is 2.26. The van der Waals surface area contributed by atoms with Crippen LogP contribution in [-0.4, -0.2) is 37.2 Å². The molecule has 1 aromatic carbocycles. The third kappa shape index (κ3) is 5.71. The largest absolute Gasteiger partial charge is 0.489 e. The topological polar surface area (TPSA) is 90.6 Å². The molecule has 6 heteroatoms. The molecule has 1 amide bonds. The van der Waals surface area contributed by atoms with E-state index in [9.17, 15) is 9.59 Å². The van der Waals surface area contributed by atoms with Crippen molar-refractivity contribution < 1.29 is 19.1 Å². The number of nitrogens with two attached hydrogens (primary N) is 1. The van der Waals surface area contributed by atoms with Crippen molar-refractivity contribution in [1.82, 2.24) is 5.32 Å². The van der Waals surface area contributed by atoms with Crippen LogP contribution in [0.2, 0.25) is 0 Å². The molecule has 0 radical (unpaired) electrons. The zero-order valence-corrected chi connectivity index (χ0v) is 16.7. The molecule has 0 unspecified atom stereocenters. The highest BCUT2D eigenvalue weighted by molar-refractivity contribution is 5.94. The van der Waals surface area contributed by atoms with E-state index in [1.807, 2.05) is 24.3 Å². The molecule has 0 aromatic heterocycles. The summed E-state index contributed by atoms with van der Waals surface area (Å²) >= 11 is 0. The summed E-state index contributed by atoms with van der Waals surface area (Å²) in [7, 11) is 1.43. The molecule has 0 aliphatic heterocycles. The molecule has 2 aliphatic carbocycles. The van der Waals surface area contributed by atoms with Gasteiger partial charge in [-0.25, -0.2) is 0 Å². The van der Waals surface area contributed by atoms with E-state index in [0.29, 0.717) is 17.9 Å². The maximum Gasteiger partial charge on any atom is 0.305 e. The Hall–Kier alpha value is -2.08. The van der Waals surface area contributed by atoms with Crippen molar-refractivity contribution >= 4 is 11.9 Å². The minimum atomic E-state index is -0.141. The Morgan fingerprint density at radius 1 is 1.07 bits per heavy atom. The number of ether oxygens (including phenoxy) is 2. The van der Waals surface area contributed by atoms with E-state index in [0.717, 1.165) is 57.1 Å². The number of nitrogens with one attached hydrogen (secondary N) is 1. The van der Waals surface area contributed by atoms with Gasteiger partial charge in [0.2, 0.25) is 0 Å². The van der Waals surface area contributed by atoms with Crippen molar-refractivity contribution in [3.8, 4) is 5.75 Å². The van der Waals surface area contributed by atoms with E-state index in [2.05, 4.69) is 5.32 Å². The third-order valence-corrected chi connectivity index (χ3v) is 6.07. The zero-order chi connectivity index (χ0) is 19.9. The molecule has 28 heavy (non-hydrogen) atoms. The van der Waals surface area contributed by atoms with Gasteiger partial charge in [-0.2, -0.15) is 0 Å². The number of benzene rings is 1. The smallest absolute Gasteiger partial charge is 0.305 e. The first-order valence-electron chi connectivity index (χ1n) is 10.4. The maximum absolute atomic E-state index is 12.5. The van der Waals surface area contributed by atoms with Crippen LogP contribution in [0.15, 0.2) is 24.3 Å². The molecule has 1 aromatic rings. The van der Waals surface area contributed by atoms with Gasteiger partial charge >= 0.3 is 5.97 Å². The average Bonchev–Trinajstić information content (AvgIpc) is 3.12. The van der Waals surface area contributed by atoms with Gasteiger partial charge in [-0.15, -0.1) is 0 Å². The van der Waals surface area contributed by atoms with Gasteiger partial charge in [0.15, 0.2) is 0 Å². The number of methoxy groups -OCH3 is 1. The molecule has 0 bridgehead atoms. The van der Waals surface area contributed by atoms with Gasteiger partial charge in [-0.1, -0.05) is 0 Å². The summed E-state index contributed by atoms with van der Waals surface area (Å²) in [6.45, 7) is 0. The van der Waals surface area contributed by atoms with Crippen molar-refractivity contribution in [2.75, 3.05) is 7.11 Å². The first-order valence-corrected chi connectivity index (χ1v) is 10.4. The lowest BCUT2D eigenvalue weighted by atomic mass is 9.83. The van der Waals surface area contributed by atoms with Gasteiger partial charge in [0.05, 0.1) is 7.11 Å². The van der Waals surface area contributed by atoms with E-state index in [1.54, 1.807) is 0 Å². The van der Waals surface area contributed by atoms with Gasteiger partial charge < -0.3 is 20.5 Å². The van der Waals surface area contributed by atoms with E-state index in [-0.39, 0.29) is 30.1 Å². The summed E-state index contributed by atoms with van der Waals surface area (Å²) in [5, 5.41) is 3.14. The molecular weight excluding hydrogens is 356 g/mol. The van der Waals surface area contributed by atoms with Crippen LogP contribution in [0.3, 0.4) is 0 Å². The highest BCUT2D eigenvalue weighted by Crippen LogP contribution is 2.28. The molecule has 0 saturated heterocycles. The summed E-state index contributed by atoms with van der Waals surface area (Å²) < 4.78 is 10.6. The van der Waals surface area contributed by atoms with E-state index in [1.165, 1.54) is 7.11 Å². The summed E-state index contributed by atoms with van der Waals surface area (Å²) in [6, 6.07) is 7.63. The number of carbonyl (C=O) groups is 2.